The Bertz CT molecular complexity index is 635. The first-order valence-electron chi connectivity index (χ1n) is 7.57. The summed E-state index contributed by atoms with van der Waals surface area (Å²) in [5, 5.41) is 7.77. The van der Waals surface area contributed by atoms with Gasteiger partial charge in [-0.05, 0) is 48.5 Å². The van der Waals surface area contributed by atoms with Crippen LogP contribution < -0.4 is 5.32 Å². The van der Waals surface area contributed by atoms with Crippen LogP contribution in [0, 0.1) is 17.8 Å². The number of nitrogens with one attached hydrogen (secondary N) is 1. The summed E-state index contributed by atoms with van der Waals surface area (Å²) in [4.78, 5) is 17.9. The number of thiophene rings is 1. The Balaban J connectivity index is 1.36. The molecule has 110 valence electrons. The molecule has 0 aliphatic heterocycles. The fourth-order valence-electron chi connectivity index (χ4n) is 3.90. The number of carbonyl (C=O) groups excluding carboxylic acids is 1. The van der Waals surface area contributed by atoms with E-state index in [4.69, 9.17) is 0 Å². The maximum absolute atomic E-state index is 12.2. The Morgan fingerprint density at radius 2 is 2.29 bits per heavy atom. The molecule has 2 aliphatic carbocycles. The van der Waals surface area contributed by atoms with Gasteiger partial charge in [0.05, 0.1) is 10.6 Å². The van der Waals surface area contributed by atoms with Gasteiger partial charge in [-0.15, -0.1) is 22.7 Å². The maximum Gasteiger partial charge on any atom is 0.226 e. The Kier molecular flexibility index (Phi) is 3.55. The Labute approximate surface area is 132 Å². The number of aromatic nitrogens is 1. The molecule has 1 N–H and O–H groups in total. The zero-order valence-corrected chi connectivity index (χ0v) is 13.4. The van der Waals surface area contributed by atoms with E-state index in [1.54, 1.807) is 11.3 Å². The molecular formula is C16H18N2OS2. The Hall–Kier alpha value is -1.20. The van der Waals surface area contributed by atoms with E-state index in [2.05, 4.69) is 16.4 Å². The average Bonchev–Trinajstić information content (AvgIpc) is 3.23. The first kappa shape index (κ1) is 13.5. The SMILES string of the molecule is O=C(CC1CC2CCC1C2)Nc1nc(-c2cccs2)cs1. The minimum absolute atomic E-state index is 0.139. The summed E-state index contributed by atoms with van der Waals surface area (Å²) in [6.07, 6.45) is 6.02. The van der Waals surface area contributed by atoms with Crippen molar-refractivity contribution in [2.75, 3.05) is 5.32 Å². The second kappa shape index (κ2) is 5.54. The number of carbonyl (C=O) groups is 1. The van der Waals surface area contributed by atoms with Crippen molar-refractivity contribution in [3.63, 3.8) is 0 Å². The van der Waals surface area contributed by atoms with Crippen molar-refractivity contribution in [1.82, 2.24) is 4.98 Å². The molecule has 2 aromatic heterocycles. The minimum atomic E-state index is 0.139. The molecule has 3 unspecified atom stereocenters. The number of rotatable bonds is 4. The summed E-state index contributed by atoms with van der Waals surface area (Å²) in [6.45, 7) is 0. The number of nitrogens with zero attached hydrogens (tertiary/aromatic N) is 1. The molecule has 2 fully saturated rings. The molecule has 0 saturated heterocycles. The van der Waals surface area contributed by atoms with E-state index in [9.17, 15) is 4.79 Å². The van der Waals surface area contributed by atoms with Crippen molar-refractivity contribution in [3.8, 4) is 10.6 Å². The van der Waals surface area contributed by atoms with Gasteiger partial charge in [0.25, 0.3) is 0 Å². The predicted molar refractivity (Wildman–Crippen MR) is 87.6 cm³/mol. The molecule has 21 heavy (non-hydrogen) atoms. The first-order chi connectivity index (χ1) is 10.3. The van der Waals surface area contributed by atoms with Crippen LogP contribution in [0.2, 0.25) is 0 Å². The van der Waals surface area contributed by atoms with E-state index in [-0.39, 0.29) is 5.91 Å². The molecule has 3 atom stereocenters. The second-order valence-electron chi connectivity index (χ2n) is 6.20. The molecule has 0 spiro atoms. The summed E-state index contributed by atoms with van der Waals surface area (Å²) in [5.41, 5.74) is 0.963. The molecule has 2 heterocycles. The molecule has 3 nitrogen and oxygen atoms in total. The zero-order chi connectivity index (χ0) is 14.2. The van der Waals surface area contributed by atoms with Crippen molar-refractivity contribution in [2.45, 2.75) is 32.1 Å². The number of hydrogen-bond acceptors (Lipinski definition) is 4. The Morgan fingerprint density at radius 3 is 3.00 bits per heavy atom. The molecule has 0 aromatic carbocycles. The van der Waals surface area contributed by atoms with Crippen LogP contribution >= 0.6 is 22.7 Å². The van der Waals surface area contributed by atoms with Crippen LogP contribution in [0.4, 0.5) is 5.13 Å². The zero-order valence-electron chi connectivity index (χ0n) is 11.7. The molecule has 2 bridgehead atoms. The van der Waals surface area contributed by atoms with E-state index in [0.717, 1.165) is 27.5 Å². The topological polar surface area (TPSA) is 42.0 Å². The molecule has 2 aromatic rings. The largest absolute Gasteiger partial charge is 0.302 e. The normalized spacial score (nSPS) is 27.1. The Morgan fingerprint density at radius 1 is 1.33 bits per heavy atom. The van der Waals surface area contributed by atoms with E-state index in [1.807, 2.05) is 16.8 Å². The van der Waals surface area contributed by atoms with Gasteiger partial charge in [-0.25, -0.2) is 4.98 Å². The van der Waals surface area contributed by atoms with Gasteiger partial charge in [0.1, 0.15) is 0 Å². The van der Waals surface area contributed by atoms with Crippen LogP contribution in [0.5, 0.6) is 0 Å². The molecule has 2 aliphatic rings. The van der Waals surface area contributed by atoms with Gasteiger partial charge < -0.3 is 5.32 Å². The number of thiazole rings is 1. The second-order valence-corrected chi connectivity index (χ2v) is 8.01. The molecule has 2 saturated carbocycles. The summed E-state index contributed by atoms with van der Waals surface area (Å²) in [7, 11) is 0. The van der Waals surface area contributed by atoms with E-state index in [0.29, 0.717) is 12.3 Å². The van der Waals surface area contributed by atoms with Crippen molar-refractivity contribution in [1.29, 1.82) is 0 Å². The number of fused-ring (bicyclic) bond motifs is 2. The highest BCUT2D eigenvalue weighted by molar-refractivity contribution is 7.16. The lowest BCUT2D eigenvalue weighted by Crippen LogP contribution is -2.20. The third-order valence-electron chi connectivity index (χ3n) is 4.86. The van der Waals surface area contributed by atoms with Gasteiger partial charge in [0.2, 0.25) is 5.91 Å². The van der Waals surface area contributed by atoms with Crippen molar-refractivity contribution >= 4 is 33.7 Å². The predicted octanol–water partition coefficient (Wildman–Crippen LogP) is 4.64. The third-order valence-corrected chi connectivity index (χ3v) is 6.51. The minimum Gasteiger partial charge on any atom is -0.302 e. The average molecular weight is 318 g/mol. The maximum atomic E-state index is 12.2. The summed E-state index contributed by atoms with van der Waals surface area (Å²) >= 11 is 3.19. The summed E-state index contributed by atoms with van der Waals surface area (Å²) < 4.78 is 0. The van der Waals surface area contributed by atoms with Gasteiger partial charge in [0, 0.05) is 11.8 Å². The fraction of sp³-hybridized carbons (Fsp3) is 0.500. The van der Waals surface area contributed by atoms with Crippen molar-refractivity contribution < 1.29 is 4.79 Å². The molecular weight excluding hydrogens is 300 g/mol. The number of anilines is 1. The smallest absolute Gasteiger partial charge is 0.226 e. The highest BCUT2D eigenvalue weighted by Gasteiger charge is 2.40. The lowest BCUT2D eigenvalue weighted by Gasteiger charge is -2.20. The van der Waals surface area contributed by atoms with E-state index < -0.39 is 0 Å². The summed E-state index contributed by atoms with van der Waals surface area (Å²) in [5.74, 6) is 2.46. The first-order valence-corrected chi connectivity index (χ1v) is 9.33. The van der Waals surface area contributed by atoms with Crippen LogP contribution in [0.15, 0.2) is 22.9 Å². The third kappa shape index (κ3) is 2.77. The quantitative estimate of drug-likeness (QED) is 0.892. The van der Waals surface area contributed by atoms with Gasteiger partial charge in [-0.3, -0.25) is 4.79 Å². The lowest BCUT2D eigenvalue weighted by molar-refractivity contribution is -0.117. The highest BCUT2D eigenvalue weighted by Crippen LogP contribution is 2.49. The van der Waals surface area contributed by atoms with Gasteiger partial charge in [0.15, 0.2) is 5.13 Å². The number of amides is 1. The van der Waals surface area contributed by atoms with Gasteiger partial charge >= 0.3 is 0 Å². The van der Waals surface area contributed by atoms with Crippen LogP contribution in [0.1, 0.15) is 32.1 Å². The standard InChI is InChI=1S/C16H18N2OS2/c19-15(8-12-7-10-3-4-11(12)6-10)18-16-17-13(9-21-16)14-2-1-5-20-14/h1-2,5,9-12H,3-4,6-8H2,(H,17,18,19). The lowest BCUT2D eigenvalue weighted by atomic mass is 9.86. The van der Waals surface area contributed by atoms with Crippen LogP contribution in [0.25, 0.3) is 10.6 Å². The molecule has 4 rings (SSSR count). The number of hydrogen-bond donors (Lipinski definition) is 1. The van der Waals surface area contributed by atoms with Crippen molar-refractivity contribution in [3.05, 3.63) is 22.9 Å². The highest BCUT2D eigenvalue weighted by atomic mass is 32.1. The monoisotopic (exact) mass is 318 g/mol. The van der Waals surface area contributed by atoms with Crippen molar-refractivity contribution in [2.24, 2.45) is 17.8 Å². The van der Waals surface area contributed by atoms with Crippen LogP contribution in [0.3, 0.4) is 0 Å². The van der Waals surface area contributed by atoms with E-state index >= 15 is 0 Å². The van der Waals surface area contributed by atoms with Gasteiger partial charge in [-0.1, -0.05) is 12.5 Å². The van der Waals surface area contributed by atoms with Crippen LogP contribution in [-0.4, -0.2) is 10.9 Å². The fourth-order valence-corrected chi connectivity index (χ4v) is 5.39. The molecule has 0 radical (unpaired) electrons. The summed E-state index contributed by atoms with van der Waals surface area (Å²) in [6, 6.07) is 4.08. The molecule has 5 heteroatoms. The van der Waals surface area contributed by atoms with Crippen LogP contribution in [-0.2, 0) is 4.79 Å². The van der Waals surface area contributed by atoms with E-state index in [1.165, 1.54) is 37.0 Å². The van der Waals surface area contributed by atoms with Gasteiger partial charge in [-0.2, -0.15) is 0 Å². The molecule has 1 amide bonds.